The molecular weight excluding hydrogens is 170 g/mol. The van der Waals surface area contributed by atoms with Crippen molar-refractivity contribution in [3.05, 3.63) is 0 Å². The molecule has 0 spiro atoms. The SMILES string of the molecule is NNC(=O)CCN1CCC(=O)CC1. The van der Waals surface area contributed by atoms with Gasteiger partial charge in [-0.2, -0.15) is 0 Å². The van der Waals surface area contributed by atoms with Crippen molar-refractivity contribution in [3.63, 3.8) is 0 Å². The number of Topliss-reactive ketones (excluding diaryl/α,β-unsaturated/α-hetero) is 1. The van der Waals surface area contributed by atoms with Crippen molar-refractivity contribution >= 4 is 11.7 Å². The van der Waals surface area contributed by atoms with Crippen molar-refractivity contribution in [1.82, 2.24) is 10.3 Å². The summed E-state index contributed by atoms with van der Waals surface area (Å²) < 4.78 is 0. The lowest BCUT2D eigenvalue weighted by Gasteiger charge is -2.25. The number of amides is 1. The van der Waals surface area contributed by atoms with Crippen LogP contribution < -0.4 is 11.3 Å². The monoisotopic (exact) mass is 185 g/mol. The molecule has 1 rings (SSSR count). The molecule has 0 unspecified atom stereocenters. The molecule has 0 atom stereocenters. The Bertz CT molecular complexity index is 196. The lowest BCUT2D eigenvalue weighted by atomic mass is 10.1. The first-order chi connectivity index (χ1) is 6.22. The first kappa shape index (κ1) is 10.1. The van der Waals surface area contributed by atoms with E-state index in [1.54, 1.807) is 0 Å². The third-order valence-corrected chi connectivity index (χ3v) is 2.23. The van der Waals surface area contributed by atoms with E-state index in [2.05, 4.69) is 10.3 Å². The van der Waals surface area contributed by atoms with E-state index < -0.39 is 0 Å². The van der Waals surface area contributed by atoms with Crippen LogP contribution in [0.4, 0.5) is 0 Å². The molecule has 1 saturated heterocycles. The summed E-state index contributed by atoms with van der Waals surface area (Å²) in [5, 5.41) is 0. The van der Waals surface area contributed by atoms with Crippen molar-refractivity contribution in [2.24, 2.45) is 5.84 Å². The number of hydrazine groups is 1. The van der Waals surface area contributed by atoms with Crippen molar-refractivity contribution in [1.29, 1.82) is 0 Å². The Hall–Kier alpha value is -0.940. The fourth-order valence-corrected chi connectivity index (χ4v) is 1.36. The van der Waals surface area contributed by atoms with Gasteiger partial charge in [0.15, 0.2) is 0 Å². The topological polar surface area (TPSA) is 75.4 Å². The van der Waals surface area contributed by atoms with Crippen LogP contribution in [0.5, 0.6) is 0 Å². The molecule has 13 heavy (non-hydrogen) atoms. The van der Waals surface area contributed by atoms with E-state index in [1.165, 1.54) is 0 Å². The number of carbonyl (C=O) groups is 2. The van der Waals surface area contributed by atoms with Gasteiger partial charge in [0.2, 0.25) is 5.91 Å². The van der Waals surface area contributed by atoms with Gasteiger partial charge < -0.3 is 4.90 Å². The van der Waals surface area contributed by atoms with Crippen LogP contribution in [-0.2, 0) is 9.59 Å². The molecule has 3 N–H and O–H groups in total. The molecule has 1 amide bonds. The van der Waals surface area contributed by atoms with E-state index in [4.69, 9.17) is 5.84 Å². The number of nitrogens with one attached hydrogen (secondary N) is 1. The lowest BCUT2D eigenvalue weighted by Crippen LogP contribution is -2.38. The quantitative estimate of drug-likeness (QED) is 0.337. The second kappa shape index (κ2) is 4.94. The molecule has 0 aliphatic carbocycles. The predicted octanol–water partition coefficient (Wildman–Crippen LogP) is -0.969. The Labute approximate surface area is 77.2 Å². The van der Waals surface area contributed by atoms with E-state index >= 15 is 0 Å². The highest BCUT2D eigenvalue weighted by molar-refractivity contribution is 5.79. The fraction of sp³-hybridized carbons (Fsp3) is 0.750. The van der Waals surface area contributed by atoms with Crippen LogP contribution in [0.1, 0.15) is 19.3 Å². The highest BCUT2D eigenvalue weighted by Gasteiger charge is 2.16. The summed E-state index contributed by atoms with van der Waals surface area (Å²) in [5.74, 6) is 5.10. The zero-order chi connectivity index (χ0) is 9.68. The average molecular weight is 185 g/mol. The molecule has 0 bridgehead atoms. The molecule has 0 radical (unpaired) electrons. The Kier molecular flexibility index (Phi) is 3.85. The molecule has 5 heteroatoms. The molecule has 1 aliphatic heterocycles. The summed E-state index contributed by atoms with van der Waals surface area (Å²) in [6.45, 7) is 2.24. The molecule has 1 aliphatic rings. The van der Waals surface area contributed by atoms with Crippen LogP contribution in [0.3, 0.4) is 0 Å². The van der Waals surface area contributed by atoms with Gasteiger partial charge in [-0.05, 0) is 0 Å². The van der Waals surface area contributed by atoms with Gasteiger partial charge in [0.25, 0.3) is 0 Å². The zero-order valence-corrected chi connectivity index (χ0v) is 7.58. The largest absolute Gasteiger partial charge is 0.302 e. The van der Waals surface area contributed by atoms with E-state index in [0.29, 0.717) is 31.6 Å². The molecule has 0 aromatic rings. The van der Waals surface area contributed by atoms with Gasteiger partial charge in [-0.25, -0.2) is 5.84 Å². The van der Waals surface area contributed by atoms with Crippen molar-refractivity contribution in [3.8, 4) is 0 Å². The van der Waals surface area contributed by atoms with Gasteiger partial charge in [-0.3, -0.25) is 15.0 Å². The number of hydrogen-bond acceptors (Lipinski definition) is 4. The maximum Gasteiger partial charge on any atom is 0.235 e. The van der Waals surface area contributed by atoms with Crippen molar-refractivity contribution in [2.45, 2.75) is 19.3 Å². The van der Waals surface area contributed by atoms with Crippen LogP contribution in [0.2, 0.25) is 0 Å². The van der Waals surface area contributed by atoms with Crippen LogP contribution in [0, 0.1) is 0 Å². The van der Waals surface area contributed by atoms with Gasteiger partial charge in [-0.1, -0.05) is 0 Å². The lowest BCUT2D eigenvalue weighted by molar-refractivity contribution is -0.122. The predicted molar refractivity (Wildman–Crippen MR) is 47.6 cm³/mol. The minimum absolute atomic E-state index is 0.156. The van der Waals surface area contributed by atoms with Gasteiger partial charge in [-0.15, -0.1) is 0 Å². The van der Waals surface area contributed by atoms with Gasteiger partial charge in [0.05, 0.1) is 0 Å². The number of carbonyl (C=O) groups excluding carboxylic acids is 2. The summed E-state index contributed by atoms with van der Waals surface area (Å²) in [4.78, 5) is 23.8. The Morgan fingerprint density at radius 3 is 2.62 bits per heavy atom. The maximum absolute atomic E-state index is 10.9. The van der Waals surface area contributed by atoms with E-state index in [9.17, 15) is 9.59 Å². The molecule has 0 aromatic heterocycles. The number of rotatable bonds is 3. The number of nitrogens with two attached hydrogens (primary N) is 1. The summed E-state index contributed by atoms with van der Waals surface area (Å²) in [5.41, 5.74) is 2.08. The third-order valence-electron chi connectivity index (χ3n) is 2.23. The van der Waals surface area contributed by atoms with Crippen LogP contribution in [0.25, 0.3) is 0 Å². The smallest absolute Gasteiger partial charge is 0.235 e. The number of likely N-dealkylation sites (tertiary alicyclic amines) is 1. The number of nitrogens with zero attached hydrogens (tertiary/aromatic N) is 1. The summed E-state index contributed by atoms with van der Waals surface area (Å²) in [6, 6.07) is 0. The average Bonchev–Trinajstić information content (AvgIpc) is 2.16. The van der Waals surface area contributed by atoms with Crippen LogP contribution in [0.15, 0.2) is 0 Å². The Morgan fingerprint density at radius 1 is 1.46 bits per heavy atom. The van der Waals surface area contributed by atoms with E-state index in [1.807, 2.05) is 0 Å². The summed E-state index contributed by atoms with van der Waals surface area (Å²) in [7, 11) is 0. The second-order valence-corrected chi connectivity index (χ2v) is 3.20. The molecule has 0 aromatic carbocycles. The molecule has 1 heterocycles. The van der Waals surface area contributed by atoms with Gasteiger partial charge >= 0.3 is 0 Å². The molecule has 0 saturated carbocycles. The standard InChI is InChI=1S/C8H15N3O2/c9-10-8(13)3-6-11-4-1-7(12)2-5-11/h1-6,9H2,(H,10,13). The minimum Gasteiger partial charge on any atom is -0.302 e. The van der Waals surface area contributed by atoms with Gasteiger partial charge in [0, 0.05) is 38.9 Å². The summed E-state index contributed by atoms with van der Waals surface area (Å²) in [6.07, 6.45) is 1.64. The van der Waals surface area contributed by atoms with E-state index in [-0.39, 0.29) is 5.91 Å². The van der Waals surface area contributed by atoms with Crippen LogP contribution >= 0.6 is 0 Å². The molecular formula is C8H15N3O2. The van der Waals surface area contributed by atoms with Crippen molar-refractivity contribution < 1.29 is 9.59 Å². The first-order valence-corrected chi connectivity index (χ1v) is 4.46. The molecule has 5 nitrogen and oxygen atoms in total. The summed E-state index contributed by atoms with van der Waals surface area (Å²) >= 11 is 0. The molecule has 74 valence electrons. The number of ketones is 1. The van der Waals surface area contributed by atoms with Crippen molar-refractivity contribution in [2.75, 3.05) is 19.6 Å². The number of piperidine rings is 1. The first-order valence-electron chi connectivity index (χ1n) is 4.46. The van der Waals surface area contributed by atoms with Crippen LogP contribution in [-0.4, -0.2) is 36.2 Å². The zero-order valence-electron chi connectivity index (χ0n) is 7.58. The third kappa shape index (κ3) is 3.52. The van der Waals surface area contributed by atoms with Gasteiger partial charge in [0.1, 0.15) is 5.78 Å². The Morgan fingerprint density at radius 2 is 2.08 bits per heavy atom. The molecule has 1 fully saturated rings. The highest BCUT2D eigenvalue weighted by atomic mass is 16.2. The normalized spacial score (nSPS) is 18.7. The maximum atomic E-state index is 10.9. The van der Waals surface area contributed by atoms with E-state index in [0.717, 1.165) is 13.1 Å². The minimum atomic E-state index is -0.156. The Balaban J connectivity index is 2.15. The fourth-order valence-electron chi connectivity index (χ4n) is 1.36. The highest BCUT2D eigenvalue weighted by Crippen LogP contribution is 2.05. The second-order valence-electron chi connectivity index (χ2n) is 3.20. The number of hydrogen-bond donors (Lipinski definition) is 2.